The molecule has 2 atom stereocenters. The topological polar surface area (TPSA) is 126 Å². The minimum absolute atomic E-state index is 0.0510. The molecular formula is C26H25N7O3. The van der Waals surface area contributed by atoms with Crippen LogP contribution in [0.3, 0.4) is 0 Å². The monoisotopic (exact) mass is 483 g/mol. The van der Waals surface area contributed by atoms with Crippen LogP contribution in [-0.2, 0) is 10.2 Å². The molecule has 2 aromatic heterocycles. The third-order valence-electron chi connectivity index (χ3n) is 7.70. The summed E-state index contributed by atoms with van der Waals surface area (Å²) in [5, 5.41) is 18.1. The molecule has 1 saturated carbocycles. The third kappa shape index (κ3) is 3.00. The molecule has 1 saturated heterocycles. The highest BCUT2D eigenvalue weighted by Crippen LogP contribution is 2.65. The number of anilines is 3. The van der Waals surface area contributed by atoms with Crippen molar-refractivity contribution < 1.29 is 14.3 Å². The van der Waals surface area contributed by atoms with Gasteiger partial charge in [-0.3, -0.25) is 9.89 Å². The van der Waals surface area contributed by atoms with Crippen molar-refractivity contribution >= 4 is 34.1 Å². The second-order valence-electron chi connectivity index (χ2n) is 9.60. The van der Waals surface area contributed by atoms with Gasteiger partial charge in [0, 0.05) is 36.0 Å². The van der Waals surface area contributed by atoms with Gasteiger partial charge in [0.15, 0.2) is 11.6 Å². The van der Waals surface area contributed by atoms with Crippen molar-refractivity contribution in [1.29, 1.82) is 0 Å². The van der Waals surface area contributed by atoms with Gasteiger partial charge in [0.2, 0.25) is 5.91 Å². The van der Waals surface area contributed by atoms with Gasteiger partial charge in [-0.1, -0.05) is 6.07 Å². The molecule has 36 heavy (non-hydrogen) atoms. The molecule has 1 aliphatic carbocycles. The molecule has 0 unspecified atom stereocenters. The lowest BCUT2D eigenvalue weighted by Gasteiger charge is -2.26. The number of hydrogen-bond acceptors (Lipinski definition) is 8. The highest BCUT2D eigenvalue weighted by atomic mass is 16.5. The predicted octanol–water partition coefficient (Wildman–Crippen LogP) is 3.18. The second kappa shape index (κ2) is 7.66. The maximum absolute atomic E-state index is 13.0. The number of nitrogens with one attached hydrogen (secondary N) is 4. The molecule has 4 aromatic rings. The Morgan fingerprint density at radius 1 is 1.08 bits per heavy atom. The summed E-state index contributed by atoms with van der Waals surface area (Å²) < 4.78 is 10.8. The summed E-state index contributed by atoms with van der Waals surface area (Å²) in [4.78, 5) is 22.2. The number of aromatic nitrogens is 4. The third-order valence-corrected chi connectivity index (χ3v) is 7.70. The summed E-state index contributed by atoms with van der Waals surface area (Å²) in [5.41, 5.74) is 4.24. The average Bonchev–Trinajstić information content (AvgIpc) is 3.41. The number of carbonyl (C=O) groups is 1. The van der Waals surface area contributed by atoms with E-state index in [2.05, 4.69) is 43.3 Å². The molecule has 10 heteroatoms. The summed E-state index contributed by atoms with van der Waals surface area (Å²) in [7, 11) is 3.22. The van der Waals surface area contributed by atoms with Crippen molar-refractivity contribution in [2.24, 2.45) is 0 Å². The van der Waals surface area contributed by atoms with Gasteiger partial charge in [0.05, 0.1) is 37.0 Å². The van der Waals surface area contributed by atoms with Gasteiger partial charge < -0.3 is 25.4 Å². The quantitative estimate of drug-likeness (QED) is 0.330. The van der Waals surface area contributed by atoms with E-state index in [9.17, 15) is 4.79 Å². The van der Waals surface area contributed by atoms with Crippen LogP contribution in [0.25, 0.3) is 10.9 Å². The van der Waals surface area contributed by atoms with Gasteiger partial charge in [-0.05, 0) is 47.9 Å². The van der Waals surface area contributed by atoms with Crippen LogP contribution in [0.5, 0.6) is 11.6 Å². The first kappa shape index (κ1) is 21.1. The van der Waals surface area contributed by atoms with Gasteiger partial charge >= 0.3 is 0 Å². The zero-order valence-corrected chi connectivity index (χ0v) is 19.9. The predicted molar refractivity (Wildman–Crippen MR) is 134 cm³/mol. The van der Waals surface area contributed by atoms with Crippen LogP contribution in [0.2, 0.25) is 0 Å². The van der Waals surface area contributed by atoms with E-state index in [4.69, 9.17) is 14.5 Å². The Hall–Kier alpha value is -4.18. The van der Waals surface area contributed by atoms with E-state index < -0.39 is 5.41 Å². The van der Waals surface area contributed by atoms with Crippen LogP contribution < -0.4 is 25.4 Å². The van der Waals surface area contributed by atoms with Gasteiger partial charge in [-0.25, -0.2) is 9.97 Å². The first-order chi connectivity index (χ1) is 17.6. The number of H-pyrrole nitrogens is 1. The molecule has 7 rings (SSSR count). The van der Waals surface area contributed by atoms with Crippen molar-refractivity contribution in [2.75, 3.05) is 37.9 Å². The van der Waals surface area contributed by atoms with E-state index in [1.165, 1.54) is 0 Å². The summed E-state index contributed by atoms with van der Waals surface area (Å²) in [5.74, 6) is 2.85. The molecule has 0 radical (unpaired) electrons. The molecule has 10 nitrogen and oxygen atoms in total. The van der Waals surface area contributed by atoms with Gasteiger partial charge in [0.1, 0.15) is 5.75 Å². The molecule has 182 valence electrons. The number of rotatable bonds is 6. The molecule has 1 amide bonds. The molecule has 4 heterocycles. The molecule has 2 aromatic carbocycles. The zero-order chi connectivity index (χ0) is 24.4. The highest BCUT2D eigenvalue weighted by Gasteiger charge is 2.65. The Morgan fingerprint density at radius 3 is 2.75 bits per heavy atom. The number of amides is 1. The fourth-order valence-corrected chi connectivity index (χ4v) is 5.48. The van der Waals surface area contributed by atoms with Crippen molar-refractivity contribution in [3.05, 3.63) is 59.4 Å². The Bertz CT molecular complexity index is 1530. The lowest BCUT2D eigenvalue weighted by Crippen LogP contribution is -2.40. The van der Waals surface area contributed by atoms with E-state index in [1.54, 1.807) is 20.4 Å². The maximum atomic E-state index is 13.0. The fourth-order valence-electron chi connectivity index (χ4n) is 5.48. The standard InChI is InChI=1S/C26H25N7O3/c1-35-15-4-6-19-17(8-15)26(25(34)30-19)9-18(26)13-3-5-16-20(7-13)32-33-22(16)31-23-24(36-2)28-12-21(29-23)14-10-27-11-14/h3-8,12,14,18,27H,9-11H2,1-2H3,(H,30,34)(H2,29,31,32,33)/t18-,26-/m0/s1. The summed E-state index contributed by atoms with van der Waals surface area (Å²) in [6.45, 7) is 1.79. The van der Waals surface area contributed by atoms with Gasteiger partial charge in [-0.2, -0.15) is 5.10 Å². The fraction of sp³-hybridized carbons (Fsp3) is 0.308. The van der Waals surface area contributed by atoms with Crippen molar-refractivity contribution in [1.82, 2.24) is 25.5 Å². The number of carbonyl (C=O) groups excluding carboxylic acids is 1. The van der Waals surface area contributed by atoms with E-state index in [0.29, 0.717) is 23.4 Å². The molecule has 3 aliphatic rings. The highest BCUT2D eigenvalue weighted by molar-refractivity contribution is 6.10. The number of ether oxygens (including phenoxy) is 2. The molecular weight excluding hydrogens is 458 g/mol. The van der Waals surface area contributed by atoms with Crippen LogP contribution in [0.1, 0.15) is 35.1 Å². The van der Waals surface area contributed by atoms with E-state index in [1.807, 2.05) is 24.3 Å². The maximum Gasteiger partial charge on any atom is 0.257 e. The smallest absolute Gasteiger partial charge is 0.257 e. The van der Waals surface area contributed by atoms with Crippen LogP contribution >= 0.6 is 0 Å². The minimum atomic E-state index is -0.543. The Morgan fingerprint density at radius 2 is 1.97 bits per heavy atom. The Labute approximate surface area is 206 Å². The summed E-state index contributed by atoms with van der Waals surface area (Å²) in [6.07, 6.45) is 2.53. The molecule has 2 fully saturated rings. The molecule has 0 bridgehead atoms. The van der Waals surface area contributed by atoms with E-state index in [0.717, 1.165) is 58.7 Å². The van der Waals surface area contributed by atoms with Crippen LogP contribution in [0.15, 0.2) is 42.6 Å². The Kier molecular flexibility index (Phi) is 4.50. The van der Waals surface area contributed by atoms with Crippen molar-refractivity contribution in [3.8, 4) is 11.6 Å². The largest absolute Gasteiger partial charge is 0.497 e. The molecule has 1 spiro atoms. The number of aromatic amines is 1. The van der Waals surface area contributed by atoms with E-state index in [-0.39, 0.29) is 11.8 Å². The molecule has 4 N–H and O–H groups in total. The average molecular weight is 484 g/mol. The van der Waals surface area contributed by atoms with Crippen LogP contribution in [-0.4, -0.2) is 53.4 Å². The summed E-state index contributed by atoms with van der Waals surface area (Å²) >= 11 is 0. The van der Waals surface area contributed by atoms with Crippen molar-refractivity contribution in [2.45, 2.75) is 23.7 Å². The van der Waals surface area contributed by atoms with Crippen molar-refractivity contribution in [3.63, 3.8) is 0 Å². The van der Waals surface area contributed by atoms with E-state index >= 15 is 0 Å². The first-order valence-electron chi connectivity index (χ1n) is 12.0. The van der Waals surface area contributed by atoms with Gasteiger partial charge in [0.25, 0.3) is 5.88 Å². The number of hydrogen-bond donors (Lipinski definition) is 4. The Balaban J connectivity index is 1.19. The van der Waals surface area contributed by atoms with Crippen LogP contribution in [0, 0.1) is 0 Å². The normalized spacial score (nSPS) is 22.3. The van der Waals surface area contributed by atoms with Crippen LogP contribution in [0.4, 0.5) is 17.3 Å². The summed E-state index contributed by atoms with van der Waals surface area (Å²) in [6, 6.07) is 12.0. The second-order valence-corrected chi connectivity index (χ2v) is 9.60. The SMILES string of the molecule is COc1ccc2c(c1)[C@]1(C[C@H]1c1ccc3c(Nc4nc(C5CNC5)cnc4OC)n[nH]c3c1)C(=O)N2. The molecule has 2 aliphatic heterocycles. The number of fused-ring (bicyclic) bond motifs is 3. The number of benzene rings is 2. The lowest BCUT2D eigenvalue weighted by atomic mass is 9.91. The number of nitrogens with zero attached hydrogens (tertiary/aromatic N) is 3. The minimum Gasteiger partial charge on any atom is -0.497 e. The lowest BCUT2D eigenvalue weighted by molar-refractivity contribution is -0.118. The zero-order valence-electron chi connectivity index (χ0n) is 19.9. The first-order valence-corrected chi connectivity index (χ1v) is 12.0. The number of methoxy groups -OCH3 is 2. The van der Waals surface area contributed by atoms with Gasteiger partial charge in [-0.15, -0.1) is 0 Å².